The lowest BCUT2D eigenvalue weighted by Crippen LogP contribution is -2.33. The van der Waals surface area contributed by atoms with Crippen LogP contribution in [0.4, 0.5) is 10.7 Å². The number of anilines is 2. The highest BCUT2D eigenvalue weighted by Crippen LogP contribution is 2.41. The Morgan fingerprint density at radius 3 is 2.54 bits per heavy atom. The molecule has 1 aliphatic rings. The van der Waals surface area contributed by atoms with Crippen LogP contribution in [-0.2, 0) is 27.3 Å². The van der Waals surface area contributed by atoms with Crippen molar-refractivity contribution < 1.29 is 28.3 Å². The molecule has 1 aliphatic heterocycles. The van der Waals surface area contributed by atoms with Gasteiger partial charge in [-0.3, -0.25) is 14.4 Å². The summed E-state index contributed by atoms with van der Waals surface area (Å²) in [5, 5.41) is 5.52. The molecule has 0 radical (unpaired) electrons. The van der Waals surface area contributed by atoms with E-state index >= 15 is 0 Å². The van der Waals surface area contributed by atoms with Crippen molar-refractivity contribution in [2.24, 2.45) is 0 Å². The van der Waals surface area contributed by atoms with Crippen molar-refractivity contribution in [3.8, 4) is 0 Å². The number of nitrogens with zero attached hydrogens (tertiary/aromatic N) is 1. The Bertz CT molecular complexity index is 1580. The summed E-state index contributed by atoms with van der Waals surface area (Å²) < 4.78 is 10.2. The van der Waals surface area contributed by atoms with Gasteiger partial charge in [0.2, 0.25) is 11.8 Å². The maximum absolute atomic E-state index is 13.9. The average Bonchev–Trinajstić information content (AvgIpc) is 3.64. The fraction of sp³-hybridized carbons (Fsp3) is 0.200. The predicted octanol–water partition coefficient (Wildman–Crippen LogP) is 5.76. The third kappa shape index (κ3) is 6.36. The summed E-state index contributed by atoms with van der Waals surface area (Å²) in [5.74, 6) is -1.08. The van der Waals surface area contributed by atoms with Crippen molar-refractivity contribution in [2.45, 2.75) is 30.0 Å². The fourth-order valence-electron chi connectivity index (χ4n) is 4.54. The van der Waals surface area contributed by atoms with Crippen molar-refractivity contribution in [3.05, 3.63) is 100 Å². The van der Waals surface area contributed by atoms with Crippen LogP contribution in [0.15, 0.2) is 82.3 Å². The molecule has 0 saturated heterocycles. The first-order valence-electron chi connectivity index (χ1n) is 12.8. The second-order valence-corrected chi connectivity index (χ2v) is 11.5. The van der Waals surface area contributed by atoms with Gasteiger partial charge in [0.25, 0.3) is 5.91 Å². The number of benzene rings is 2. The highest BCUT2D eigenvalue weighted by molar-refractivity contribution is 8.00. The summed E-state index contributed by atoms with van der Waals surface area (Å²) >= 11 is 2.61. The number of thiophene rings is 1. The summed E-state index contributed by atoms with van der Waals surface area (Å²) in [4.78, 5) is 54.4. The molecule has 1 unspecified atom stereocenters. The first-order valence-corrected chi connectivity index (χ1v) is 14.5. The van der Waals surface area contributed by atoms with Crippen LogP contribution in [0.25, 0.3) is 0 Å². The Morgan fingerprint density at radius 2 is 1.83 bits per heavy atom. The Labute approximate surface area is 244 Å². The molecule has 210 valence electrons. The van der Waals surface area contributed by atoms with Crippen LogP contribution in [0.3, 0.4) is 0 Å². The highest BCUT2D eigenvalue weighted by atomic mass is 32.2. The summed E-state index contributed by atoms with van der Waals surface area (Å²) in [6, 6.07) is 19.7. The third-order valence-electron chi connectivity index (χ3n) is 6.56. The fourth-order valence-corrected chi connectivity index (χ4v) is 6.88. The van der Waals surface area contributed by atoms with E-state index < -0.39 is 11.2 Å². The van der Waals surface area contributed by atoms with Crippen molar-refractivity contribution in [1.29, 1.82) is 0 Å². The van der Waals surface area contributed by atoms with E-state index in [0.29, 0.717) is 35.8 Å². The number of amides is 3. The van der Waals surface area contributed by atoms with E-state index in [9.17, 15) is 19.2 Å². The number of methoxy groups -OCH3 is 1. The van der Waals surface area contributed by atoms with Gasteiger partial charge in [-0.15, -0.1) is 23.1 Å². The maximum Gasteiger partial charge on any atom is 0.341 e. The van der Waals surface area contributed by atoms with Crippen LogP contribution in [0, 0.1) is 0 Å². The van der Waals surface area contributed by atoms with Crippen LogP contribution in [0.2, 0.25) is 0 Å². The number of thioether (sulfide) groups is 1. The number of furan rings is 1. The SMILES string of the molecule is COC(=O)c1c(NC(=O)C(Sc2cccc(NC(=O)c3ccco3)c2)c2ccccc2)sc2c1CCN(C(C)=O)C2. The van der Waals surface area contributed by atoms with E-state index in [4.69, 9.17) is 9.15 Å². The Kier molecular flexibility index (Phi) is 8.55. The first kappa shape index (κ1) is 28.2. The lowest BCUT2D eigenvalue weighted by atomic mass is 10.0. The minimum absolute atomic E-state index is 0.0441. The van der Waals surface area contributed by atoms with Gasteiger partial charge >= 0.3 is 5.97 Å². The lowest BCUT2D eigenvalue weighted by molar-refractivity contribution is -0.129. The van der Waals surface area contributed by atoms with Gasteiger partial charge in [0.05, 0.1) is 25.5 Å². The molecule has 0 bridgehead atoms. The number of carbonyl (C=O) groups excluding carboxylic acids is 4. The van der Waals surface area contributed by atoms with E-state index in [1.807, 2.05) is 36.4 Å². The number of rotatable bonds is 8. The largest absolute Gasteiger partial charge is 0.465 e. The van der Waals surface area contributed by atoms with E-state index in [-0.39, 0.29) is 23.5 Å². The zero-order valence-corrected chi connectivity index (χ0v) is 24.0. The number of nitrogens with one attached hydrogen (secondary N) is 2. The van der Waals surface area contributed by atoms with Crippen molar-refractivity contribution in [2.75, 3.05) is 24.3 Å². The molecular formula is C30H27N3O6S2. The van der Waals surface area contributed by atoms with Crippen LogP contribution in [0.1, 0.15) is 49.1 Å². The number of ether oxygens (including phenoxy) is 1. The monoisotopic (exact) mass is 589 g/mol. The molecule has 0 saturated carbocycles. The van der Waals surface area contributed by atoms with Crippen LogP contribution >= 0.6 is 23.1 Å². The van der Waals surface area contributed by atoms with Gasteiger partial charge in [0, 0.05) is 28.9 Å². The molecule has 3 amide bonds. The van der Waals surface area contributed by atoms with Gasteiger partial charge in [-0.25, -0.2) is 4.79 Å². The van der Waals surface area contributed by atoms with Gasteiger partial charge in [-0.2, -0.15) is 0 Å². The molecule has 3 heterocycles. The topological polar surface area (TPSA) is 118 Å². The van der Waals surface area contributed by atoms with Gasteiger partial charge in [0.15, 0.2) is 5.76 Å². The molecule has 1 atom stereocenters. The van der Waals surface area contributed by atoms with Gasteiger partial charge in [0.1, 0.15) is 10.3 Å². The summed E-state index contributed by atoms with van der Waals surface area (Å²) in [6.45, 7) is 2.38. The predicted molar refractivity (Wildman–Crippen MR) is 157 cm³/mol. The van der Waals surface area contributed by atoms with Crippen molar-refractivity contribution in [1.82, 2.24) is 4.90 Å². The number of fused-ring (bicyclic) bond motifs is 1. The van der Waals surface area contributed by atoms with Gasteiger partial charge in [-0.05, 0) is 47.9 Å². The summed E-state index contributed by atoms with van der Waals surface area (Å²) in [7, 11) is 1.31. The molecular weight excluding hydrogens is 562 g/mol. The smallest absolute Gasteiger partial charge is 0.341 e. The van der Waals surface area contributed by atoms with Crippen LogP contribution in [-0.4, -0.2) is 42.2 Å². The average molecular weight is 590 g/mol. The second-order valence-electron chi connectivity index (χ2n) is 9.25. The maximum atomic E-state index is 13.9. The van der Waals surface area contributed by atoms with Gasteiger partial charge in [-0.1, -0.05) is 36.4 Å². The molecule has 0 spiro atoms. The normalized spacial score (nSPS) is 13.2. The number of hydrogen-bond acceptors (Lipinski definition) is 8. The molecule has 2 N–H and O–H groups in total. The van der Waals surface area contributed by atoms with E-state index in [1.165, 1.54) is 43.4 Å². The lowest BCUT2D eigenvalue weighted by Gasteiger charge is -2.25. The van der Waals surface area contributed by atoms with E-state index in [1.54, 1.807) is 35.2 Å². The zero-order valence-electron chi connectivity index (χ0n) is 22.3. The quantitative estimate of drug-likeness (QED) is 0.198. The first-order chi connectivity index (χ1) is 19.8. The Hall–Kier alpha value is -4.35. The third-order valence-corrected chi connectivity index (χ3v) is 8.94. The van der Waals surface area contributed by atoms with Crippen molar-refractivity contribution >= 4 is 57.5 Å². The number of hydrogen-bond donors (Lipinski definition) is 2. The molecule has 9 nitrogen and oxygen atoms in total. The standard InChI is InChI=1S/C30H27N3O6S2/c1-18(34)33-14-13-22-24(17-33)41-29(25(22)30(37)38-2)32-28(36)26(19-8-4-3-5-9-19)40-21-11-6-10-20(16-21)31-27(35)23-12-7-15-39-23/h3-12,15-16,26H,13-14,17H2,1-2H3,(H,31,35)(H,32,36). The summed E-state index contributed by atoms with van der Waals surface area (Å²) in [6.07, 6.45) is 1.93. The number of carbonyl (C=O) groups is 4. The van der Waals surface area contributed by atoms with E-state index in [2.05, 4.69) is 10.6 Å². The molecule has 2 aromatic heterocycles. The molecule has 41 heavy (non-hydrogen) atoms. The van der Waals surface area contributed by atoms with E-state index in [0.717, 1.165) is 20.9 Å². The highest BCUT2D eigenvalue weighted by Gasteiger charge is 2.32. The Balaban J connectivity index is 1.42. The molecule has 2 aromatic carbocycles. The summed E-state index contributed by atoms with van der Waals surface area (Å²) in [5.41, 5.74) is 2.46. The second kappa shape index (κ2) is 12.4. The molecule has 4 aromatic rings. The zero-order chi connectivity index (χ0) is 28.9. The minimum atomic E-state index is -0.675. The number of esters is 1. The molecule has 0 aliphatic carbocycles. The molecule has 5 rings (SSSR count). The van der Waals surface area contributed by atoms with Crippen LogP contribution < -0.4 is 10.6 Å². The Morgan fingerprint density at radius 1 is 1.02 bits per heavy atom. The molecule has 0 fully saturated rings. The van der Waals surface area contributed by atoms with Gasteiger partial charge < -0.3 is 24.7 Å². The molecule has 11 heteroatoms. The van der Waals surface area contributed by atoms with Crippen molar-refractivity contribution in [3.63, 3.8) is 0 Å². The van der Waals surface area contributed by atoms with Crippen LogP contribution in [0.5, 0.6) is 0 Å². The minimum Gasteiger partial charge on any atom is -0.465 e.